The van der Waals surface area contributed by atoms with E-state index in [1.54, 1.807) is 0 Å². The van der Waals surface area contributed by atoms with Crippen molar-refractivity contribution in [1.82, 2.24) is 10.2 Å². The lowest BCUT2D eigenvalue weighted by Gasteiger charge is -2.23. The van der Waals surface area contributed by atoms with Gasteiger partial charge in [-0.25, -0.2) is 0 Å². The third-order valence-electron chi connectivity index (χ3n) is 4.14. The van der Waals surface area contributed by atoms with Gasteiger partial charge in [0.15, 0.2) is 0 Å². The Morgan fingerprint density at radius 2 is 1.70 bits per heavy atom. The van der Waals surface area contributed by atoms with E-state index in [-0.39, 0.29) is 25.1 Å². The monoisotopic (exact) mass is 370 g/mol. The summed E-state index contributed by atoms with van der Waals surface area (Å²) >= 11 is 0. The second kappa shape index (κ2) is 10.7. The molecule has 0 saturated carbocycles. The number of rotatable bonds is 10. The van der Waals surface area contributed by atoms with Gasteiger partial charge in [0.1, 0.15) is 18.5 Å². The van der Waals surface area contributed by atoms with Gasteiger partial charge in [0.2, 0.25) is 5.91 Å². The van der Waals surface area contributed by atoms with Crippen LogP contribution in [0.1, 0.15) is 20.8 Å². The Balaban J connectivity index is 1.80. The summed E-state index contributed by atoms with van der Waals surface area (Å²) in [6.45, 7) is 7.38. The van der Waals surface area contributed by atoms with Crippen molar-refractivity contribution in [2.24, 2.45) is 0 Å². The Morgan fingerprint density at radius 1 is 1.07 bits per heavy atom. The molecular weight excluding hydrogens is 340 g/mol. The highest BCUT2D eigenvalue weighted by atomic mass is 16.5. The molecule has 2 rings (SSSR count). The third-order valence-corrected chi connectivity index (χ3v) is 4.14. The number of aliphatic hydroxyl groups is 1. The number of nitrogens with one attached hydrogen (secondary N) is 1. The molecule has 0 fully saturated rings. The Bertz CT molecular complexity index is 686. The van der Waals surface area contributed by atoms with E-state index in [1.807, 2.05) is 68.1 Å². The number of aliphatic hydroxyl groups excluding tert-OH is 1. The maximum atomic E-state index is 11.9. The third kappa shape index (κ3) is 7.41. The summed E-state index contributed by atoms with van der Waals surface area (Å²) in [4.78, 5) is 13.8. The van der Waals surface area contributed by atoms with E-state index in [1.165, 1.54) is 0 Å². The van der Waals surface area contributed by atoms with Gasteiger partial charge in [-0.3, -0.25) is 9.69 Å². The molecule has 0 aliphatic rings. The number of hydrogen-bond donors (Lipinski definition) is 2. The number of benzene rings is 2. The van der Waals surface area contributed by atoms with E-state index < -0.39 is 6.10 Å². The van der Waals surface area contributed by atoms with Crippen LogP contribution in [0.4, 0.5) is 0 Å². The predicted octanol–water partition coefficient (Wildman–Crippen LogP) is 2.94. The molecular formula is C22H30N2O3. The standard InChI is InChI=1S/C22H30N2O3/c1-4-24(15-22(26)23-17(2)3)14-20(25)16-27-21-12-10-19(11-13-21)18-8-6-5-7-9-18/h5-13,17,20,25H,4,14-16H2,1-3H3,(H,23,26). The molecule has 2 aromatic carbocycles. The Labute approximate surface area is 162 Å². The van der Waals surface area contributed by atoms with Crippen LogP contribution in [0.5, 0.6) is 5.75 Å². The van der Waals surface area contributed by atoms with Crippen LogP contribution in [-0.4, -0.2) is 54.3 Å². The van der Waals surface area contributed by atoms with Gasteiger partial charge >= 0.3 is 0 Å². The molecule has 2 N–H and O–H groups in total. The lowest BCUT2D eigenvalue weighted by molar-refractivity contribution is -0.123. The Morgan fingerprint density at radius 3 is 2.30 bits per heavy atom. The van der Waals surface area contributed by atoms with Crippen LogP contribution in [0, 0.1) is 0 Å². The van der Waals surface area contributed by atoms with E-state index in [0.29, 0.717) is 18.8 Å². The Hall–Kier alpha value is -2.37. The highest BCUT2D eigenvalue weighted by Crippen LogP contribution is 2.22. The average molecular weight is 370 g/mol. The summed E-state index contributed by atoms with van der Waals surface area (Å²) in [5, 5.41) is 13.1. The molecule has 5 nitrogen and oxygen atoms in total. The van der Waals surface area contributed by atoms with Gasteiger partial charge < -0.3 is 15.2 Å². The molecule has 146 valence electrons. The quantitative estimate of drug-likeness (QED) is 0.675. The Kier molecular flexibility index (Phi) is 8.30. The summed E-state index contributed by atoms with van der Waals surface area (Å²) in [5.41, 5.74) is 2.28. The van der Waals surface area contributed by atoms with Gasteiger partial charge in [-0.05, 0) is 43.7 Å². The molecule has 0 spiro atoms. The summed E-state index contributed by atoms with van der Waals surface area (Å²) in [6, 6.07) is 18.1. The number of likely N-dealkylation sites (N-methyl/N-ethyl adjacent to an activating group) is 1. The number of carbonyl (C=O) groups excluding carboxylic acids is 1. The zero-order valence-corrected chi connectivity index (χ0v) is 16.4. The van der Waals surface area contributed by atoms with Gasteiger partial charge in [0, 0.05) is 12.6 Å². The van der Waals surface area contributed by atoms with Crippen molar-refractivity contribution in [3.63, 3.8) is 0 Å². The predicted molar refractivity (Wildman–Crippen MR) is 109 cm³/mol. The minimum absolute atomic E-state index is 0.0310. The maximum Gasteiger partial charge on any atom is 0.234 e. The first-order valence-corrected chi connectivity index (χ1v) is 9.46. The fourth-order valence-electron chi connectivity index (χ4n) is 2.79. The van der Waals surface area contributed by atoms with Gasteiger partial charge in [0.05, 0.1) is 6.54 Å². The van der Waals surface area contributed by atoms with Crippen molar-refractivity contribution in [2.75, 3.05) is 26.2 Å². The zero-order valence-electron chi connectivity index (χ0n) is 16.4. The first kappa shape index (κ1) is 20.9. The fraction of sp³-hybridized carbons (Fsp3) is 0.409. The summed E-state index contributed by atoms with van der Waals surface area (Å²) in [5.74, 6) is 0.686. The van der Waals surface area contributed by atoms with Crippen LogP contribution in [0.25, 0.3) is 11.1 Å². The van der Waals surface area contributed by atoms with Gasteiger partial charge in [-0.15, -0.1) is 0 Å². The van der Waals surface area contributed by atoms with E-state index in [4.69, 9.17) is 4.74 Å². The van der Waals surface area contributed by atoms with E-state index in [2.05, 4.69) is 17.4 Å². The van der Waals surface area contributed by atoms with Crippen molar-refractivity contribution in [2.45, 2.75) is 32.9 Å². The fourth-order valence-corrected chi connectivity index (χ4v) is 2.79. The minimum Gasteiger partial charge on any atom is -0.491 e. The summed E-state index contributed by atoms with van der Waals surface area (Å²) in [6.07, 6.45) is -0.661. The van der Waals surface area contributed by atoms with Crippen molar-refractivity contribution in [3.05, 3.63) is 54.6 Å². The molecule has 0 aliphatic heterocycles. The lowest BCUT2D eigenvalue weighted by Crippen LogP contribution is -2.43. The largest absolute Gasteiger partial charge is 0.491 e. The molecule has 0 saturated heterocycles. The van der Waals surface area contributed by atoms with Crippen LogP contribution in [0.15, 0.2) is 54.6 Å². The van der Waals surface area contributed by atoms with Gasteiger partial charge in [-0.1, -0.05) is 49.4 Å². The molecule has 5 heteroatoms. The highest BCUT2D eigenvalue weighted by Gasteiger charge is 2.15. The van der Waals surface area contributed by atoms with Gasteiger partial charge in [-0.2, -0.15) is 0 Å². The molecule has 1 amide bonds. The number of hydrogen-bond acceptors (Lipinski definition) is 4. The van der Waals surface area contributed by atoms with E-state index in [9.17, 15) is 9.90 Å². The van der Waals surface area contributed by atoms with Gasteiger partial charge in [0.25, 0.3) is 0 Å². The number of nitrogens with zero attached hydrogens (tertiary/aromatic N) is 1. The van der Waals surface area contributed by atoms with Crippen LogP contribution in [0.2, 0.25) is 0 Å². The van der Waals surface area contributed by atoms with Crippen LogP contribution in [0.3, 0.4) is 0 Å². The molecule has 0 heterocycles. The summed E-state index contributed by atoms with van der Waals surface area (Å²) in [7, 11) is 0. The number of carbonyl (C=O) groups is 1. The maximum absolute atomic E-state index is 11.9. The lowest BCUT2D eigenvalue weighted by atomic mass is 10.1. The molecule has 2 aromatic rings. The van der Waals surface area contributed by atoms with Crippen LogP contribution >= 0.6 is 0 Å². The SMILES string of the molecule is CCN(CC(=O)NC(C)C)CC(O)COc1ccc(-c2ccccc2)cc1. The summed E-state index contributed by atoms with van der Waals surface area (Å²) < 4.78 is 5.70. The molecule has 0 radical (unpaired) electrons. The topological polar surface area (TPSA) is 61.8 Å². The minimum atomic E-state index is -0.661. The van der Waals surface area contributed by atoms with E-state index >= 15 is 0 Å². The second-order valence-electron chi connectivity index (χ2n) is 6.91. The van der Waals surface area contributed by atoms with Crippen molar-refractivity contribution in [1.29, 1.82) is 0 Å². The van der Waals surface area contributed by atoms with E-state index in [0.717, 1.165) is 11.1 Å². The van der Waals surface area contributed by atoms with Crippen molar-refractivity contribution in [3.8, 4) is 16.9 Å². The average Bonchev–Trinajstić information content (AvgIpc) is 2.66. The zero-order chi connectivity index (χ0) is 19.6. The van der Waals surface area contributed by atoms with Crippen molar-refractivity contribution < 1.29 is 14.6 Å². The number of ether oxygens (including phenoxy) is 1. The van der Waals surface area contributed by atoms with Crippen molar-refractivity contribution >= 4 is 5.91 Å². The smallest absolute Gasteiger partial charge is 0.234 e. The molecule has 1 unspecified atom stereocenters. The van der Waals surface area contributed by atoms with Crippen LogP contribution < -0.4 is 10.1 Å². The molecule has 0 bridgehead atoms. The first-order chi connectivity index (χ1) is 13.0. The molecule has 27 heavy (non-hydrogen) atoms. The van der Waals surface area contributed by atoms with Crippen LogP contribution in [-0.2, 0) is 4.79 Å². The highest BCUT2D eigenvalue weighted by molar-refractivity contribution is 5.78. The number of amides is 1. The molecule has 0 aliphatic carbocycles. The normalized spacial score (nSPS) is 12.2. The molecule has 0 aromatic heterocycles. The first-order valence-electron chi connectivity index (χ1n) is 9.46. The second-order valence-corrected chi connectivity index (χ2v) is 6.91. The molecule has 1 atom stereocenters.